The maximum atomic E-state index is 15.7. The first-order valence-corrected chi connectivity index (χ1v) is 13.3. The van der Waals surface area contributed by atoms with Crippen LogP contribution in [0.4, 0.5) is 21.7 Å². The number of rotatable bonds is 6. The van der Waals surface area contributed by atoms with Crippen molar-refractivity contribution in [1.82, 2.24) is 14.9 Å². The summed E-state index contributed by atoms with van der Waals surface area (Å²) in [6.45, 7) is 8.37. The standard InChI is InChI=1S/C29H35FN6O3/c1-19-17-36(18-20(2)34(19)3)26-14-24(30)23(21-15-31-29(32-16-21)35-9-11-39-12-10-35)13-25(26)33-28(37)22-7-5-6-8-27(22)38-4/h5-8,13-16,19-20H,9-12,17-18H2,1-4H3,(H,33,37). The summed E-state index contributed by atoms with van der Waals surface area (Å²) in [5, 5.41) is 3.04. The van der Waals surface area contributed by atoms with Gasteiger partial charge in [0.2, 0.25) is 5.95 Å². The summed E-state index contributed by atoms with van der Waals surface area (Å²) in [6, 6.07) is 10.7. The lowest BCUT2D eigenvalue weighted by atomic mass is 10.0. The van der Waals surface area contributed by atoms with Crippen LogP contribution < -0.4 is 19.9 Å². The van der Waals surface area contributed by atoms with Gasteiger partial charge in [-0.25, -0.2) is 14.4 Å². The molecule has 2 fully saturated rings. The predicted molar refractivity (Wildman–Crippen MR) is 150 cm³/mol. The van der Waals surface area contributed by atoms with Crippen LogP contribution in [0.2, 0.25) is 0 Å². The number of hydrogen-bond acceptors (Lipinski definition) is 8. The number of amides is 1. The molecule has 2 aliphatic heterocycles. The number of methoxy groups -OCH3 is 1. The fraction of sp³-hybridized carbons (Fsp3) is 0.414. The molecule has 9 nitrogen and oxygen atoms in total. The fourth-order valence-corrected chi connectivity index (χ4v) is 5.16. The summed E-state index contributed by atoms with van der Waals surface area (Å²) in [7, 11) is 3.63. The molecular weight excluding hydrogens is 499 g/mol. The third kappa shape index (κ3) is 5.67. The van der Waals surface area contributed by atoms with Gasteiger partial charge in [-0.2, -0.15) is 0 Å². The van der Waals surface area contributed by atoms with E-state index in [4.69, 9.17) is 9.47 Å². The monoisotopic (exact) mass is 534 g/mol. The number of hydrogen-bond donors (Lipinski definition) is 1. The Balaban J connectivity index is 1.51. The van der Waals surface area contributed by atoms with E-state index in [-0.39, 0.29) is 18.0 Å². The minimum absolute atomic E-state index is 0.260. The quantitative estimate of drug-likeness (QED) is 0.510. The first-order valence-electron chi connectivity index (χ1n) is 13.3. The molecule has 2 saturated heterocycles. The lowest BCUT2D eigenvalue weighted by Crippen LogP contribution is -2.55. The smallest absolute Gasteiger partial charge is 0.259 e. The summed E-state index contributed by atoms with van der Waals surface area (Å²) in [5.41, 5.74) is 2.40. The van der Waals surface area contributed by atoms with E-state index in [0.717, 1.165) is 0 Å². The molecule has 2 atom stereocenters. The van der Waals surface area contributed by atoms with Crippen molar-refractivity contribution in [3.8, 4) is 16.9 Å². The number of ether oxygens (including phenoxy) is 2. The number of nitrogens with one attached hydrogen (secondary N) is 1. The van der Waals surface area contributed by atoms with Gasteiger partial charge in [-0.15, -0.1) is 0 Å². The number of morpholine rings is 1. The fourth-order valence-electron chi connectivity index (χ4n) is 5.16. The van der Waals surface area contributed by atoms with Crippen LogP contribution in [0.3, 0.4) is 0 Å². The molecule has 39 heavy (non-hydrogen) atoms. The average Bonchev–Trinajstić information content (AvgIpc) is 2.96. The molecule has 2 aliphatic rings. The first kappa shape index (κ1) is 26.8. The van der Waals surface area contributed by atoms with Gasteiger partial charge >= 0.3 is 0 Å². The van der Waals surface area contributed by atoms with Crippen molar-refractivity contribution in [2.75, 3.05) is 68.7 Å². The Kier molecular flexibility index (Phi) is 7.94. The van der Waals surface area contributed by atoms with E-state index < -0.39 is 5.82 Å². The van der Waals surface area contributed by atoms with Gasteiger partial charge in [0.25, 0.3) is 5.91 Å². The molecule has 0 aliphatic carbocycles. The van der Waals surface area contributed by atoms with Crippen molar-refractivity contribution in [3.05, 3.63) is 60.2 Å². The molecule has 0 bridgehead atoms. The summed E-state index contributed by atoms with van der Waals surface area (Å²) in [4.78, 5) is 28.9. The van der Waals surface area contributed by atoms with Gasteiger partial charge in [-0.1, -0.05) is 12.1 Å². The summed E-state index contributed by atoms with van der Waals surface area (Å²) in [6.07, 6.45) is 3.25. The Bertz CT molecular complexity index is 1300. The Morgan fingerprint density at radius 3 is 2.38 bits per heavy atom. The summed E-state index contributed by atoms with van der Waals surface area (Å²) >= 11 is 0. The topological polar surface area (TPSA) is 83.1 Å². The molecular formula is C29H35FN6O3. The molecule has 3 aromatic rings. The van der Waals surface area contributed by atoms with Gasteiger partial charge in [-0.3, -0.25) is 9.69 Å². The van der Waals surface area contributed by atoms with Gasteiger partial charge in [-0.05, 0) is 45.2 Å². The van der Waals surface area contributed by atoms with Gasteiger partial charge in [0, 0.05) is 61.8 Å². The van der Waals surface area contributed by atoms with Crippen LogP contribution in [0.5, 0.6) is 5.75 Å². The summed E-state index contributed by atoms with van der Waals surface area (Å²) < 4.78 is 26.5. The zero-order valence-electron chi connectivity index (χ0n) is 22.9. The molecule has 0 saturated carbocycles. The largest absolute Gasteiger partial charge is 0.496 e. The molecule has 5 rings (SSSR count). The van der Waals surface area contributed by atoms with Crippen LogP contribution in [0.15, 0.2) is 48.8 Å². The lowest BCUT2D eigenvalue weighted by molar-refractivity contribution is 0.102. The minimum atomic E-state index is -0.401. The molecule has 1 amide bonds. The molecule has 10 heteroatoms. The first-order chi connectivity index (χ1) is 18.9. The Morgan fingerprint density at radius 2 is 1.72 bits per heavy atom. The third-order valence-corrected chi connectivity index (χ3v) is 7.63. The second-order valence-corrected chi connectivity index (χ2v) is 10.1. The second-order valence-electron chi connectivity index (χ2n) is 10.1. The molecule has 0 spiro atoms. The second kappa shape index (κ2) is 11.5. The van der Waals surface area contributed by atoms with E-state index >= 15 is 4.39 Å². The highest BCUT2D eigenvalue weighted by Gasteiger charge is 2.29. The highest BCUT2D eigenvalue weighted by atomic mass is 19.1. The van der Waals surface area contributed by atoms with Crippen LogP contribution in [-0.2, 0) is 4.74 Å². The molecule has 206 valence electrons. The SMILES string of the molecule is COc1ccccc1C(=O)Nc1cc(-c2cnc(N3CCOCC3)nc2)c(F)cc1N1CC(C)N(C)C(C)C1. The van der Waals surface area contributed by atoms with Crippen molar-refractivity contribution in [2.45, 2.75) is 25.9 Å². The van der Waals surface area contributed by atoms with Gasteiger partial charge in [0.15, 0.2) is 0 Å². The number of benzene rings is 2. The van der Waals surface area contributed by atoms with Crippen molar-refractivity contribution >= 4 is 23.2 Å². The Hall–Kier alpha value is -3.76. The van der Waals surface area contributed by atoms with Crippen molar-refractivity contribution < 1.29 is 18.7 Å². The van der Waals surface area contributed by atoms with E-state index in [2.05, 4.69) is 46.0 Å². The third-order valence-electron chi connectivity index (χ3n) is 7.63. The number of para-hydroxylation sites is 1. The van der Waals surface area contributed by atoms with Crippen LogP contribution in [0, 0.1) is 5.82 Å². The maximum absolute atomic E-state index is 15.7. The van der Waals surface area contributed by atoms with Crippen LogP contribution in [-0.4, -0.2) is 86.4 Å². The van der Waals surface area contributed by atoms with Crippen molar-refractivity contribution in [2.24, 2.45) is 0 Å². The number of carbonyl (C=O) groups excluding carboxylic acids is 1. The van der Waals surface area contributed by atoms with Crippen LogP contribution in [0.25, 0.3) is 11.1 Å². The number of nitrogens with zero attached hydrogens (tertiary/aromatic N) is 5. The highest BCUT2D eigenvalue weighted by Crippen LogP contribution is 2.36. The predicted octanol–water partition coefficient (Wildman–Crippen LogP) is 3.91. The number of halogens is 1. The van der Waals surface area contributed by atoms with Crippen molar-refractivity contribution in [1.29, 1.82) is 0 Å². The van der Waals surface area contributed by atoms with E-state index in [1.807, 2.05) is 11.0 Å². The number of likely N-dealkylation sites (N-methyl/N-ethyl adjacent to an activating group) is 1. The zero-order chi connectivity index (χ0) is 27.5. The molecule has 1 N–H and O–H groups in total. The van der Waals surface area contributed by atoms with E-state index in [1.54, 1.807) is 36.7 Å². The lowest BCUT2D eigenvalue weighted by Gasteiger charge is -2.44. The number of carbonyl (C=O) groups is 1. The normalized spacial score (nSPS) is 20.1. The number of piperazine rings is 1. The van der Waals surface area contributed by atoms with E-state index in [0.29, 0.717) is 79.2 Å². The molecule has 1 aromatic heterocycles. The van der Waals surface area contributed by atoms with E-state index in [9.17, 15) is 4.79 Å². The van der Waals surface area contributed by atoms with Crippen molar-refractivity contribution in [3.63, 3.8) is 0 Å². The summed E-state index contributed by atoms with van der Waals surface area (Å²) in [5.74, 6) is 0.319. The van der Waals surface area contributed by atoms with Gasteiger partial charge < -0.3 is 24.6 Å². The molecule has 0 radical (unpaired) electrons. The molecule has 2 unspecified atom stereocenters. The Labute approximate surface area is 228 Å². The highest BCUT2D eigenvalue weighted by molar-refractivity contribution is 6.08. The molecule has 3 heterocycles. The number of aromatic nitrogens is 2. The van der Waals surface area contributed by atoms with Crippen LogP contribution >= 0.6 is 0 Å². The van der Waals surface area contributed by atoms with Gasteiger partial charge in [0.1, 0.15) is 11.6 Å². The Morgan fingerprint density at radius 1 is 1.05 bits per heavy atom. The van der Waals surface area contributed by atoms with Crippen LogP contribution in [0.1, 0.15) is 24.2 Å². The number of anilines is 3. The van der Waals surface area contributed by atoms with E-state index in [1.165, 1.54) is 13.2 Å². The average molecular weight is 535 g/mol. The van der Waals surface area contributed by atoms with Gasteiger partial charge in [0.05, 0.1) is 37.3 Å². The minimum Gasteiger partial charge on any atom is -0.496 e. The zero-order valence-corrected chi connectivity index (χ0v) is 22.9. The molecule has 2 aromatic carbocycles. The maximum Gasteiger partial charge on any atom is 0.259 e.